The summed E-state index contributed by atoms with van der Waals surface area (Å²) in [5.74, 6) is -0.209. The van der Waals surface area contributed by atoms with Crippen molar-refractivity contribution >= 4 is 5.69 Å². The van der Waals surface area contributed by atoms with Gasteiger partial charge in [0.1, 0.15) is 5.82 Å². The maximum Gasteiger partial charge on any atom is 0.129 e. The molecule has 0 heterocycles. The minimum Gasteiger partial charge on any atom is -0.399 e. The molecular weight excluding hydrogens is 241 g/mol. The van der Waals surface area contributed by atoms with Gasteiger partial charge in [0.05, 0.1) is 0 Å². The predicted molar refractivity (Wildman–Crippen MR) is 77.4 cm³/mol. The summed E-state index contributed by atoms with van der Waals surface area (Å²) in [5.41, 5.74) is 7.04. The van der Waals surface area contributed by atoms with Crippen LogP contribution in [0, 0.1) is 5.82 Å². The van der Waals surface area contributed by atoms with Gasteiger partial charge in [0.2, 0.25) is 0 Å². The molecule has 4 heteroatoms. The van der Waals surface area contributed by atoms with Gasteiger partial charge in [0.15, 0.2) is 0 Å². The summed E-state index contributed by atoms with van der Waals surface area (Å²) >= 11 is 0. The standard InChI is InChI=1S/C15H24FN3/c1-18(2)15(7-4-8-15)11-19(3)10-12-5-6-13(17)9-14(12)16/h5-6,9H,4,7-8,10-11,17H2,1-3H3. The van der Waals surface area contributed by atoms with Crippen molar-refractivity contribution in [3.05, 3.63) is 29.6 Å². The fraction of sp³-hybridized carbons (Fsp3) is 0.600. The molecule has 0 atom stereocenters. The van der Waals surface area contributed by atoms with E-state index in [0.29, 0.717) is 17.8 Å². The van der Waals surface area contributed by atoms with E-state index in [1.165, 1.54) is 25.3 Å². The molecule has 1 aromatic rings. The molecule has 1 aliphatic carbocycles. The van der Waals surface area contributed by atoms with Gasteiger partial charge in [-0.15, -0.1) is 0 Å². The number of rotatable bonds is 5. The summed E-state index contributed by atoms with van der Waals surface area (Å²) in [5, 5.41) is 0. The van der Waals surface area contributed by atoms with Gasteiger partial charge in [0.25, 0.3) is 0 Å². The zero-order valence-corrected chi connectivity index (χ0v) is 12.1. The van der Waals surface area contributed by atoms with E-state index in [0.717, 1.165) is 6.54 Å². The molecule has 2 N–H and O–H groups in total. The first-order valence-corrected chi connectivity index (χ1v) is 6.83. The monoisotopic (exact) mass is 265 g/mol. The molecule has 1 aliphatic rings. The van der Waals surface area contributed by atoms with E-state index in [4.69, 9.17) is 5.73 Å². The van der Waals surface area contributed by atoms with Gasteiger partial charge in [-0.25, -0.2) is 4.39 Å². The average molecular weight is 265 g/mol. The lowest BCUT2D eigenvalue weighted by molar-refractivity contribution is 0.0256. The fourth-order valence-corrected chi connectivity index (χ4v) is 2.87. The van der Waals surface area contributed by atoms with Crippen molar-refractivity contribution in [2.75, 3.05) is 33.4 Å². The van der Waals surface area contributed by atoms with Crippen LogP contribution < -0.4 is 5.73 Å². The highest BCUT2D eigenvalue weighted by atomic mass is 19.1. The molecule has 2 rings (SSSR count). The normalized spacial score (nSPS) is 17.8. The molecule has 0 unspecified atom stereocenters. The molecule has 1 saturated carbocycles. The lowest BCUT2D eigenvalue weighted by Gasteiger charge is -2.49. The Bertz CT molecular complexity index is 441. The summed E-state index contributed by atoms with van der Waals surface area (Å²) in [7, 11) is 6.33. The predicted octanol–water partition coefficient (Wildman–Crippen LogP) is 2.32. The average Bonchev–Trinajstić information content (AvgIpc) is 2.27. The Kier molecular flexibility index (Phi) is 4.11. The fourth-order valence-electron chi connectivity index (χ4n) is 2.87. The van der Waals surface area contributed by atoms with Gasteiger partial charge in [-0.2, -0.15) is 0 Å². The van der Waals surface area contributed by atoms with Crippen LogP contribution in [-0.4, -0.2) is 43.0 Å². The van der Waals surface area contributed by atoms with Gasteiger partial charge in [0, 0.05) is 29.9 Å². The zero-order chi connectivity index (χ0) is 14.0. The maximum absolute atomic E-state index is 13.8. The van der Waals surface area contributed by atoms with Crippen LogP contribution in [0.4, 0.5) is 10.1 Å². The third-order valence-corrected chi connectivity index (χ3v) is 4.31. The Balaban J connectivity index is 1.99. The Morgan fingerprint density at radius 1 is 1.26 bits per heavy atom. The maximum atomic E-state index is 13.8. The van der Waals surface area contributed by atoms with Crippen LogP contribution in [0.1, 0.15) is 24.8 Å². The third kappa shape index (κ3) is 3.07. The van der Waals surface area contributed by atoms with E-state index in [9.17, 15) is 4.39 Å². The first-order chi connectivity index (χ1) is 8.93. The molecular formula is C15H24FN3. The number of nitrogens with two attached hydrogens (primary N) is 1. The van der Waals surface area contributed by atoms with E-state index < -0.39 is 0 Å². The van der Waals surface area contributed by atoms with Crippen LogP contribution in [0.15, 0.2) is 18.2 Å². The van der Waals surface area contributed by atoms with E-state index in [-0.39, 0.29) is 11.4 Å². The van der Waals surface area contributed by atoms with Crippen LogP contribution in [0.25, 0.3) is 0 Å². The molecule has 0 spiro atoms. The molecule has 0 saturated heterocycles. The number of benzene rings is 1. The number of halogens is 1. The van der Waals surface area contributed by atoms with Crippen molar-refractivity contribution < 1.29 is 4.39 Å². The molecule has 0 bridgehead atoms. The molecule has 19 heavy (non-hydrogen) atoms. The third-order valence-electron chi connectivity index (χ3n) is 4.31. The van der Waals surface area contributed by atoms with Crippen LogP contribution in [0.2, 0.25) is 0 Å². The highest BCUT2D eigenvalue weighted by molar-refractivity contribution is 5.40. The molecule has 0 radical (unpaired) electrons. The van der Waals surface area contributed by atoms with Crippen LogP contribution in [0.5, 0.6) is 0 Å². The van der Waals surface area contributed by atoms with Crippen molar-refractivity contribution in [1.82, 2.24) is 9.80 Å². The number of likely N-dealkylation sites (N-methyl/N-ethyl adjacent to an activating group) is 2. The SMILES string of the molecule is CN(Cc1ccc(N)cc1F)CC1(N(C)C)CCC1. The molecule has 1 fully saturated rings. The lowest BCUT2D eigenvalue weighted by Crippen LogP contribution is -2.56. The minimum atomic E-state index is -0.209. The molecule has 0 aliphatic heterocycles. The van der Waals surface area contributed by atoms with Crippen LogP contribution >= 0.6 is 0 Å². The zero-order valence-electron chi connectivity index (χ0n) is 12.1. The number of anilines is 1. The molecule has 0 aromatic heterocycles. The van der Waals surface area contributed by atoms with Crippen molar-refractivity contribution in [3.8, 4) is 0 Å². The van der Waals surface area contributed by atoms with Crippen molar-refractivity contribution in [1.29, 1.82) is 0 Å². The van der Waals surface area contributed by atoms with E-state index in [2.05, 4.69) is 30.9 Å². The molecule has 1 aromatic carbocycles. The quantitative estimate of drug-likeness (QED) is 0.829. The van der Waals surface area contributed by atoms with Crippen LogP contribution in [-0.2, 0) is 6.54 Å². The van der Waals surface area contributed by atoms with Crippen molar-refractivity contribution in [2.45, 2.75) is 31.3 Å². The second-order valence-electron chi connectivity index (χ2n) is 6.00. The van der Waals surface area contributed by atoms with E-state index in [1.54, 1.807) is 12.1 Å². The first kappa shape index (κ1) is 14.3. The Morgan fingerprint density at radius 3 is 2.42 bits per heavy atom. The highest BCUT2D eigenvalue weighted by Crippen LogP contribution is 2.36. The van der Waals surface area contributed by atoms with Crippen molar-refractivity contribution in [2.24, 2.45) is 0 Å². The summed E-state index contributed by atoms with van der Waals surface area (Å²) in [6.45, 7) is 1.60. The topological polar surface area (TPSA) is 32.5 Å². The van der Waals surface area contributed by atoms with Gasteiger partial charge in [-0.05, 0) is 52.5 Å². The van der Waals surface area contributed by atoms with Gasteiger partial charge >= 0.3 is 0 Å². The summed E-state index contributed by atoms with van der Waals surface area (Å²) in [4.78, 5) is 4.51. The largest absolute Gasteiger partial charge is 0.399 e. The molecule has 3 nitrogen and oxygen atoms in total. The summed E-state index contributed by atoms with van der Waals surface area (Å²) in [6, 6.07) is 4.94. The van der Waals surface area contributed by atoms with Crippen molar-refractivity contribution in [3.63, 3.8) is 0 Å². The number of nitrogen functional groups attached to an aromatic ring is 1. The van der Waals surface area contributed by atoms with Crippen LogP contribution in [0.3, 0.4) is 0 Å². The number of nitrogens with zero attached hydrogens (tertiary/aromatic N) is 2. The van der Waals surface area contributed by atoms with Gasteiger partial charge in [-0.1, -0.05) is 6.07 Å². The van der Waals surface area contributed by atoms with Gasteiger partial charge in [-0.3, -0.25) is 0 Å². The van der Waals surface area contributed by atoms with E-state index in [1.807, 2.05) is 0 Å². The Labute approximate surface area is 115 Å². The smallest absolute Gasteiger partial charge is 0.129 e. The number of hydrogen-bond donors (Lipinski definition) is 1. The first-order valence-electron chi connectivity index (χ1n) is 6.83. The summed E-state index contributed by atoms with van der Waals surface area (Å²) < 4.78 is 13.8. The second-order valence-corrected chi connectivity index (χ2v) is 6.00. The summed E-state index contributed by atoms with van der Waals surface area (Å²) in [6.07, 6.45) is 3.76. The van der Waals surface area contributed by atoms with Gasteiger partial charge < -0.3 is 15.5 Å². The Morgan fingerprint density at radius 2 is 1.95 bits per heavy atom. The lowest BCUT2D eigenvalue weighted by atomic mass is 9.75. The van der Waals surface area contributed by atoms with E-state index >= 15 is 0 Å². The second kappa shape index (κ2) is 5.47. The minimum absolute atomic E-state index is 0.209. The molecule has 0 amide bonds. The number of hydrogen-bond acceptors (Lipinski definition) is 3. The highest BCUT2D eigenvalue weighted by Gasteiger charge is 2.39. The Hall–Kier alpha value is -1.13. The molecule has 106 valence electrons.